The Kier molecular flexibility index (Phi) is 3.87. The number of benzene rings is 1. The van der Waals surface area contributed by atoms with Crippen molar-refractivity contribution in [3.8, 4) is 0 Å². The summed E-state index contributed by atoms with van der Waals surface area (Å²) in [5, 5.41) is 7.02. The first-order valence-electron chi connectivity index (χ1n) is 6.98. The van der Waals surface area contributed by atoms with Gasteiger partial charge in [-0.1, -0.05) is 24.3 Å². The number of alkyl halides is 2. The third-order valence-electron chi connectivity index (χ3n) is 4.12. The van der Waals surface area contributed by atoms with Crippen LogP contribution < -0.4 is 5.32 Å². The average molecular weight is 339 g/mol. The van der Waals surface area contributed by atoms with E-state index in [1.807, 2.05) is 24.3 Å². The van der Waals surface area contributed by atoms with Gasteiger partial charge in [-0.15, -0.1) is 23.2 Å². The van der Waals surface area contributed by atoms with Crippen LogP contribution in [0.5, 0.6) is 0 Å². The van der Waals surface area contributed by atoms with Crippen molar-refractivity contribution in [1.82, 2.24) is 20.1 Å². The third-order valence-corrected chi connectivity index (χ3v) is 5.22. The molecule has 1 atom stereocenters. The van der Waals surface area contributed by atoms with Gasteiger partial charge in [-0.2, -0.15) is 5.10 Å². The summed E-state index contributed by atoms with van der Waals surface area (Å²) in [6.45, 7) is 2.82. The fraction of sp³-hybridized carbons (Fsp3) is 0.400. The average Bonchev–Trinajstić information content (AvgIpc) is 2.83. The Morgan fingerprint density at radius 1 is 1.36 bits per heavy atom. The van der Waals surface area contributed by atoms with Gasteiger partial charge in [0.25, 0.3) is 0 Å². The van der Waals surface area contributed by atoms with Crippen molar-refractivity contribution in [3.05, 3.63) is 48.0 Å². The number of hydrogen-bond donors (Lipinski definition) is 1. The van der Waals surface area contributed by atoms with Crippen LogP contribution in [-0.2, 0) is 17.9 Å². The lowest BCUT2D eigenvalue weighted by atomic mass is 10.1. The summed E-state index contributed by atoms with van der Waals surface area (Å²) in [6.07, 6.45) is 3.64. The van der Waals surface area contributed by atoms with Crippen LogP contribution in [0.15, 0.2) is 36.9 Å². The smallest absolute Gasteiger partial charge is 0.229 e. The van der Waals surface area contributed by atoms with E-state index in [2.05, 4.69) is 15.4 Å². The van der Waals surface area contributed by atoms with E-state index in [0.29, 0.717) is 19.5 Å². The molecule has 0 spiro atoms. The lowest BCUT2D eigenvalue weighted by molar-refractivity contribution is -0.125. The number of rotatable bonds is 5. The van der Waals surface area contributed by atoms with Crippen LogP contribution in [0.3, 0.4) is 0 Å². The van der Waals surface area contributed by atoms with Gasteiger partial charge >= 0.3 is 0 Å². The maximum atomic E-state index is 12.2. The highest BCUT2D eigenvalue weighted by atomic mass is 35.5. The van der Waals surface area contributed by atoms with E-state index in [4.69, 9.17) is 23.2 Å². The Bertz CT molecular complexity index is 687. The predicted octanol–water partition coefficient (Wildman–Crippen LogP) is 2.53. The van der Waals surface area contributed by atoms with E-state index in [-0.39, 0.29) is 5.91 Å². The molecular weight excluding hydrogens is 323 g/mol. The topological polar surface area (TPSA) is 59.8 Å². The number of halogens is 2. The number of nitrogens with one attached hydrogen (secondary N) is 1. The zero-order valence-corrected chi connectivity index (χ0v) is 13.6. The largest absolute Gasteiger partial charge is 0.351 e. The van der Waals surface area contributed by atoms with Gasteiger partial charge in [-0.3, -0.25) is 4.79 Å². The van der Waals surface area contributed by atoms with Gasteiger partial charge in [0.2, 0.25) is 5.91 Å². The number of hydrogen-bond acceptors (Lipinski definition) is 3. The van der Waals surface area contributed by atoms with Gasteiger partial charge in [-0.25, -0.2) is 9.67 Å². The summed E-state index contributed by atoms with van der Waals surface area (Å²) in [4.78, 5) is 16.2. The van der Waals surface area contributed by atoms with E-state index in [1.54, 1.807) is 17.9 Å². The van der Waals surface area contributed by atoms with Crippen LogP contribution in [0.4, 0.5) is 0 Å². The minimum atomic E-state index is -0.947. The molecule has 1 N–H and O–H groups in total. The summed E-state index contributed by atoms with van der Waals surface area (Å²) in [5.41, 5.74) is 1.42. The molecule has 1 aliphatic rings. The van der Waals surface area contributed by atoms with Crippen molar-refractivity contribution in [2.75, 3.05) is 0 Å². The van der Waals surface area contributed by atoms with Crippen LogP contribution in [0.1, 0.15) is 24.5 Å². The highest BCUT2D eigenvalue weighted by Crippen LogP contribution is 2.63. The fourth-order valence-corrected chi connectivity index (χ4v) is 3.10. The third kappa shape index (κ3) is 2.83. The van der Waals surface area contributed by atoms with Crippen molar-refractivity contribution in [2.45, 2.75) is 30.8 Å². The van der Waals surface area contributed by atoms with Crippen LogP contribution >= 0.6 is 23.2 Å². The number of nitrogens with zero attached hydrogens (tertiary/aromatic N) is 3. The Morgan fingerprint density at radius 3 is 2.64 bits per heavy atom. The second-order valence-corrected chi connectivity index (χ2v) is 7.24. The fourth-order valence-electron chi connectivity index (χ4n) is 2.39. The van der Waals surface area contributed by atoms with Crippen LogP contribution in [0, 0.1) is 5.41 Å². The SMILES string of the molecule is C[C@@]1(C(=O)NCc2ccccc2Cn2cncn2)CC1(Cl)Cl. The molecule has 0 aliphatic heterocycles. The highest BCUT2D eigenvalue weighted by molar-refractivity contribution is 6.53. The number of amides is 1. The Morgan fingerprint density at radius 2 is 2.05 bits per heavy atom. The van der Waals surface area contributed by atoms with Crippen LogP contribution in [-0.4, -0.2) is 25.0 Å². The molecule has 1 heterocycles. The molecule has 22 heavy (non-hydrogen) atoms. The van der Waals surface area contributed by atoms with E-state index in [0.717, 1.165) is 11.1 Å². The summed E-state index contributed by atoms with van der Waals surface area (Å²) in [5.74, 6) is -0.118. The Balaban J connectivity index is 1.67. The second kappa shape index (κ2) is 5.56. The van der Waals surface area contributed by atoms with E-state index < -0.39 is 9.75 Å². The summed E-state index contributed by atoms with van der Waals surface area (Å²) in [7, 11) is 0. The van der Waals surface area contributed by atoms with Gasteiger partial charge in [0.15, 0.2) is 0 Å². The zero-order chi connectivity index (χ0) is 15.8. The maximum absolute atomic E-state index is 12.2. The van der Waals surface area contributed by atoms with Crippen molar-refractivity contribution < 1.29 is 4.79 Å². The first-order chi connectivity index (χ1) is 10.4. The first-order valence-corrected chi connectivity index (χ1v) is 7.73. The Labute approximate surface area is 138 Å². The zero-order valence-electron chi connectivity index (χ0n) is 12.1. The van der Waals surface area contributed by atoms with Gasteiger partial charge in [0, 0.05) is 6.54 Å². The molecule has 1 aliphatic carbocycles. The molecule has 7 heteroatoms. The van der Waals surface area contributed by atoms with Gasteiger partial charge in [0.1, 0.15) is 17.0 Å². The Hall–Kier alpha value is -1.59. The van der Waals surface area contributed by atoms with Gasteiger partial charge < -0.3 is 5.32 Å². The van der Waals surface area contributed by atoms with E-state index in [9.17, 15) is 4.79 Å². The van der Waals surface area contributed by atoms with Crippen LogP contribution in [0.2, 0.25) is 0 Å². The molecule has 1 amide bonds. The minimum absolute atomic E-state index is 0.118. The number of carbonyl (C=O) groups excluding carboxylic acids is 1. The molecule has 116 valence electrons. The first kappa shape index (κ1) is 15.3. The summed E-state index contributed by atoms with van der Waals surface area (Å²) >= 11 is 12.1. The van der Waals surface area contributed by atoms with Crippen molar-refractivity contribution >= 4 is 29.1 Å². The quantitative estimate of drug-likeness (QED) is 0.852. The molecule has 1 saturated carbocycles. The molecule has 0 unspecified atom stereocenters. The minimum Gasteiger partial charge on any atom is -0.351 e. The van der Waals surface area contributed by atoms with Crippen molar-refractivity contribution in [3.63, 3.8) is 0 Å². The van der Waals surface area contributed by atoms with Gasteiger partial charge in [-0.05, 0) is 24.5 Å². The van der Waals surface area contributed by atoms with Gasteiger partial charge in [0.05, 0.1) is 12.0 Å². The van der Waals surface area contributed by atoms with E-state index >= 15 is 0 Å². The normalized spacial score (nSPS) is 22.3. The predicted molar refractivity (Wildman–Crippen MR) is 84.6 cm³/mol. The summed E-state index contributed by atoms with van der Waals surface area (Å²) < 4.78 is 0.794. The number of carbonyl (C=O) groups is 1. The molecule has 0 bridgehead atoms. The maximum Gasteiger partial charge on any atom is 0.229 e. The summed E-state index contributed by atoms with van der Waals surface area (Å²) in [6, 6.07) is 7.90. The molecule has 0 saturated heterocycles. The molecule has 1 aromatic carbocycles. The highest BCUT2D eigenvalue weighted by Gasteiger charge is 2.67. The second-order valence-electron chi connectivity index (χ2n) is 5.76. The monoisotopic (exact) mass is 338 g/mol. The van der Waals surface area contributed by atoms with Crippen molar-refractivity contribution in [2.24, 2.45) is 5.41 Å². The standard InChI is InChI=1S/C15H16Cl2N4O/c1-14(8-15(14,16)17)13(22)19-6-11-4-2-3-5-12(11)7-21-10-18-9-20-21/h2-5,9-10H,6-8H2,1H3,(H,19,22)/t14-/m0/s1. The van der Waals surface area contributed by atoms with Crippen LogP contribution in [0.25, 0.3) is 0 Å². The molecule has 1 fully saturated rings. The molecule has 0 radical (unpaired) electrons. The molecular formula is C15H16Cl2N4O. The van der Waals surface area contributed by atoms with E-state index in [1.165, 1.54) is 6.33 Å². The molecule has 3 rings (SSSR count). The van der Waals surface area contributed by atoms with Crippen molar-refractivity contribution in [1.29, 1.82) is 0 Å². The number of aromatic nitrogens is 3. The molecule has 1 aromatic heterocycles. The lowest BCUT2D eigenvalue weighted by Gasteiger charge is -2.14. The molecule has 5 nitrogen and oxygen atoms in total. The lowest BCUT2D eigenvalue weighted by Crippen LogP contribution is -2.33. The molecule has 2 aromatic rings.